The summed E-state index contributed by atoms with van der Waals surface area (Å²) < 4.78 is 0. The highest BCUT2D eigenvalue weighted by Crippen LogP contribution is 2.30. The normalized spacial score (nSPS) is 13.1. The quantitative estimate of drug-likeness (QED) is 0.765. The number of amides is 1. The topological polar surface area (TPSA) is 86.6 Å². The fourth-order valence-corrected chi connectivity index (χ4v) is 2.58. The molecule has 2 aromatic rings. The van der Waals surface area contributed by atoms with Crippen LogP contribution in [0, 0.1) is 0 Å². The molecule has 120 valence electrons. The van der Waals surface area contributed by atoms with Gasteiger partial charge < -0.3 is 15.5 Å². The Morgan fingerprint density at radius 1 is 1.04 bits per heavy atom. The molecule has 0 aliphatic heterocycles. The molecule has 2 atom stereocenters. The molecule has 0 bridgehead atoms. The van der Waals surface area contributed by atoms with Gasteiger partial charge in [-0.1, -0.05) is 43.3 Å². The number of nitrogens with one attached hydrogen (secondary N) is 1. The third-order valence-electron chi connectivity index (χ3n) is 3.77. The highest BCUT2D eigenvalue weighted by molar-refractivity contribution is 5.96. The van der Waals surface area contributed by atoms with Crippen LogP contribution in [-0.2, 0) is 4.79 Å². The summed E-state index contributed by atoms with van der Waals surface area (Å²) >= 11 is 0. The number of phenolic OH excluding ortho intramolecular Hbond substituents is 1. The summed E-state index contributed by atoms with van der Waals surface area (Å²) in [6.07, 6.45) is 0.462. The molecular weight excluding hydrogens is 294 g/mol. The van der Waals surface area contributed by atoms with E-state index < -0.39 is 23.8 Å². The minimum Gasteiger partial charge on any atom is -0.508 e. The summed E-state index contributed by atoms with van der Waals surface area (Å²) in [7, 11) is 0. The Balaban J connectivity index is 2.28. The van der Waals surface area contributed by atoms with Crippen LogP contribution in [0.25, 0.3) is 0 Å². The van der Waals surface area contributed by atoms with Gasteiger partial charge in [0.05, 0.1) is 0 Å². The van der Waals surface area contributed by atoms with Gasteiger partial charge in [-0.2, -0.15) is 0 Å². The molecule has 0 aliphatic rings. The van der Waals surface area contributed by atoms with Crippen LogP contribution in [0.2, 0.25) is 0 Å². The maximum Gasteiger partial charge on any atom is 0.326 e. The van der Waals surface area contributed by atoms with E-state index in [1.807, 2.05) is 6.92 Å². The molecule has 5 nitrogen and oxygen atoms in total. The van der Waals surface area contributed by atoms with Crippen LogP contribution in [-0.4, -0.2) is 28.1 Å². The second-order valence-corrected chi connectivity index (χ2v) is 5.23. The molecule has 2 unspecified atom stereocenters. The number of aliphatic carboxylic acids is 1. The summed E-state index contributed by atoms with van der Waals surface area (Å²) in [5.74, 6) is -2.09. The largest absolute Gasteiger partial charge is 0.508 e. The Morgan fingerprint density at radius 3 is 2.22 bits per heavy atom. The predicted molar refractivity (Wildman–Crippen MR) is 86.5 cm³/mol. The van der Waals surface area contributed by atoms with Crippen molar-refractivity contribution in [2.75, 3.05) is 0 Å². The number of aromatic hydroxyl groups is 1. The fraction of sp³-hybridized carbons (Fsp3) is 0.222. The smallest absolute Gasteiger partial charge is 0.326 e. The zero-order valence-corrected chi connectivity index (χ0v) is 12.8. The van der Waals surface area contributed by atoms with Gasteiger partial charge in [-0.05, 0) is 30.2 Å². The molecule has 0 aliphatic carbocycles. The molecule has 1 amide bonds. The Hall–Kier alpha value is -2.82. The Bertz CT molecular complexity index is 684. The summed E-state index contributed by atoms with van der Waals surface area (Å²) in [6, 6.07) is 13.9. The minimum atomic E-state index is -1.13. The lowest BCUT2D eigenvalue weighted by Crippen LogP contribution is -2.44. The second-order valence-electron chi connectivity index (χ2n) is 5.23. The van der Waals surface area contributed by atoms with Crippen molar-refractivity contribution in [1.29, 1.82) is 0 Å². The van der Waals surface area contributed by atoms with Crippen LogP contribution in [0.3, 0.4) is 0 Å². The van der Waals surface area contributed by atoms with Crippen LogP contribution in [0.1, 0.15) is 35.2 Å². The van der Waals surface area contributed by atoms with E-state index in [0.717, 1.165) is 0 Å². The lowest BCUT2D eigenvalue weighted by atomic mass is 9.88. The maximum atomic E-state index is 12.3. The van der Waals surface area contributed by atoms with Gasteiger partial charge in [0.2, 0.25) is 0 Å². The van der Waals surface area contributed by atoms with Gasteiger partial charge in [-0.25, -0.2) is 4.79 Å². The van der Waals surface area contributed by atoms with Crippen LogP contribution < -0.4 is 5.32 Å². The van der Waals surface area contributed by atoms with Gasteiger partial charge in [0.15, 0.2) is 0 Å². The molecule has 0 saturated heterocycles. The first-order valence-electron chi connectivity index (χ1n) is 7.41. The Labute approximate surface area is 134 Å². The minimum absolute atomic E-state index is 0.0274. The molecule has 0 radical (unpaired) electrons. The van der Waals surface area contributed by atoms with Crippen LogP contribution >= 0.6 is 0 Å². The standard InChI is InChI=1S/C18H19NO4/c1-2-13(14-10-6-7-11-15(14)20)16(18(22)23)19-17(21)12-8-4-3-5-9-12/h3-11,13,16,20H,2H2,1H3,(H,19,21)(H,22,23). The molecule has 23 heavy (non-hydrogen) atoms. The van der Waals surface area contributed by atoms with Crippen molar-refractivity contribution in [3.63, 3.8) is 0 Å². The monoisotopic (exact) mass is 313 g/mol. The van der Waals surface area contributed by atoms with Crippen LogP contribution in [0.5, 0.6) is 5.75 Å². The Morgan fingerprint density at radius 2 is 1.65 bits per heavy atom. The average molecular weight is 313 g/mol. The summed E-state index contributed by atoms with van der Waals surface area (Å²) in [5, 5.41) is 22.1. The molecule has 0 aromatic heterocycles. The molecule has 0 fully saturated rings. The van der Waals surface area contributed by atoms with E-state index in [1.54, 1.807) is 48.5 Å². The number of para-hydroxylation sites is 1. The van der Waals surface area contributed by atoms with E-state index in [4.69, 9.17) is 0 Å². The number of hydrogen-bond donors (Lipinski definition) is 3. The fourth-order valence-electron chi connectivity index (χ4n) is 2.58. The zero-order chi connectivity index (χ0) is 16.8. The molecular formula is C18H19NO4. The van der Waals surface area contributed by atoms with Crippen molar-refractivity contribution in [2.24, 2.45) is 0 Å². The van der Waals surface area contributed by atoms with Gasteiger partial charge in [-0.15, -0.1) is 0 Å². The molecule has 0 heterocycles. The predicted octanol–water partition coefficient (Wildman–Crippen LogP) is 2.77. The van der Waals surface area contributed by atoms with Gasteiger partial charge in [0.25, 0.3) is 5.91 Å². The van der Waals surface area contributed by atoms with Crippen LogP contribution in [0.4, 0.5) is 0 Å². The number of carbonyl (C=O) groups excluding carboxylic acids is 1. The SMILES string of the molecule is CCC(c1ccccc1O)C(NC(=O)c1ccccc1)C(=O)O. The highest BCUT2D eigenvalue weighted by atomic mass is 16.4. The first-order valence-corrected chi connectivity index (χ1v) is 7.41. The third kappa shape index (κ3) is 3.88. The summed E-state index contributed by atoms with van der Waals surface area (Å²) in [6.45, 7) is 1.82. The van der Waals surface area contributed by atoms with Crippen molar-refractivity contribution in [3.05, 3.63) is 65.7 Å². The Kier molecular flexibility index (Phi) is 5.36. The van der Waals surface area contributed by atoms with E-state index in [9.17, 15) is 19.8 Å². The summed E-state index contributed by atoms with van der Waals surface area (Å²) in [5.41, 5.74) is 0.904. The van der Waals surface area contributed by atoms with Crippen molar-refractivity contribution >= 4 is 11.9 Å². The van der Waals surface area contributed by atoms with Crippen molar-refractivity contribution in [3.8, 4) is 5.75 Å². The first-order chi connectivity index (χ1) is 11.0. The first kappa shape index (κ1) is 16.5. The number of benzene rings is 2. The highest BCUT2D eigenvalue weighted by Gasteiger charge is 2.31. The van der Waals surface area contributed by atoms with Crippen LogP contribution in [0.15, 0.2) is 54.6 Å². The molecule has 2 aromatic carbocycles. The lowest BCUT2D eigenvalue weighted by Gasteiger charge is -2.25. The zero-order valence-electron chi connectivity index (χ0n) is 12.8. The van der Waals surface area contributed by atoms with Gasteiger partial charge in [0, 0.05) is 11.5 Å². The van der Waals surface area contributed by atoms with E-state index in [0.29, 0.717) is 17.5 Å². The van der Waals surface area contributed by atoms with Crippen molar-refractivity contribution in [2.45, 2.75) is 25.3 Å². The van der Waals surface area contributed by atoms with Crippen molar-refractivity contribution < 1.29 is 19.8 Å². The van der Waals surface area contributed by atoms with Gasteiger partial charge >= 0.3 is 5.97 Å². The molecule has 0 spiro atoms. The van der Waals surface area contributed by atoms with E-state index in [-0.39, 0.29) is 5.75 Å². The van der Waals surface area contributed by atoms with E-state index >= 15 is 0 Å². The van der Waals surface area contributed by atoms with Gasteiger partial charge in [0.1, 0.15) is 11.8 Å². The third-order valence-corrected chi connectivity index (χ3v) is 3.77. The number of rotatable bonds is 6. The maximum absolute atomic E-state index is 12.3. The number of carboxylic acids is 1. The van der Waals surface area contributed by atoms with E-state index in [2.05, 4.69) is 5.32 Å². The summed E-state index contributed by atoms with van der Waals surface area (Å²) in [4.78, 5) is 23.9. The second kappa shape index (κ2) is 7.45. The van der Waals surface area contributed by atoms with Gasteiger partial charge in [-0.3, -0.25) is 4.79 Å². The number of hydrogen-bond acceptors (Lipinski definition) is 3. The number of phenols is 1. The number of carboxylic acid groups (broad SMARTS) is 1. The number of carbonyl (C=O) groups is 2. The molecule has 0 saturated carbocycles. The van der Waals surface area contributed by atoms with E-state index in [1.165, 1.54) is 6.07 Å². The van der Waals surface area contributed by atoms with Crippen molar-refractivity contribution in [1.82, 2.24) is 5.32 Å². The lowest BCUT2D eigenvalue weighted by molar-refractivity contribution is -0.139. The molecule has 5 heteroatoms. The average Bonchev–Trinajstić information content (AvgIpc) is 2.56. The molecule has 2 rings (SSSR count). The molecule has 3 N–H and O–H groups in total.